The maximum atomic E-state index is 10.8. The van der Waals surface area contributed by atoms with Crippen molar-refractivity contribution in [3.05, 3.63) is 131 Å². The number of carboxylic acid groups (broad SMARTS) is 3. The van der Waals surface area contributed by atoms with Crippen LogP contribution in [0.15, 0.2) is 101 Å². The summed E-state index contributed by atoms with van der Waals surface area (Å²) in [6.45, 7) is 0. The average molecular weight is 1600 g/mol. The number of benzene rings is 3. The van der Waals surface area contributed by atoms with Gasteiger partial charge in [-0.05, 0) is 42.5 Å². The Balaban J connectivity index is -0.000000601. The number of thiazole rings is 2. The fourth-order valence-corrected chi connectivity index (χ4v) is 4.62. The molecular weight excluding hydrogens is 1580 g/mol. The Morgan fingerprint density at radius 2 is 1.34 bits per heavy atom. The van der Waals surface area contributed by atoms with Gasteiger partial charge in [-0.15, -0.1) is 28.4 Å². The third-order valence-corrected chi connectivity index (χ3v) is 7.07. The van der Waals surface area contributed by atoms with E-state index in [1.807, 2.05) is 46.6 Å². The summed E-state index contributed by atoms with van der Waals surface area (Å²) in [6.07, 6.45) is 3.63. The Bertz CT molecular complexity index is 1750. The first-order chi connectivity index (χ1) is 20.0. The molecule has 0 aliphatic carbocycles. The third kappa shape index (κ3) is 12.7. The molecule has 2 heterocycles. The fourth-order valence-electron chi connectivity index (χ4n) is 3.25. The van der Waals surface area contributed by atoms with Gasteiger partial charge in [0.1, 0.15) is 0 Å². The number of anilines is 2. The average Bonchev–Trinajstić information content (AvgIpc) is 3.66. The van der Waals surface area contributed by atoms with E-state index in [0.29, 0.717) is 5.69 Å². The van der Waals surface area contributed by atoms with Gasteiger partial charge < -0.3 is 37.9 Å². The van der Waals surface area contributed by atoms with E-state index in [4.69, 9.17) is 21.1 Å². The molecule has 5 rings (SSSR count). The third-order valence-electron chi connectivity index (χ3n) is 5.37. The summed E-state index contributed by atoms with van der Waals surface area (Å²) in [7, 11) is 3.76. The number of hydrogen-bond acceptors (Lipinski definition) is 8. The molecule has 3 aromatic carbocycles. The predicted octanol–water partition coefficient (Wildman–Crippen LogP) is 7.14. The number of carbonyl (C=O) groups is 3. The topological polar surface area (TPSA) is 169 Å². The summed E-state index contributed by atoms with van der Waals surface area (Å²) < 4.78 is 1.89. The molecule has 5 aromatic rings. The van der Waals surface area contributed by atoms with Crippen molar-refractivity contribution in [1.29, 1.82) is 0 Å². The maximum absolute atomic E-state index is 10.8. The van der Waals surface area contributed by atoms with E-state index >= 15 is 0 Å². The van der Waals surface area contributed by atoms with Crippen LogP contribution in [-0.2, 0) is 28.1 Å². The molecule has 234 valence electrons. The van der Waals surface area contributed by atoms with E-state index in [9.17, 15) is 14.4 Å². The molecule has 0 spiro atoms. The molecule has 4 N–H and O–H groups in total. The summed E-state index contributed by atoms with van der Waals surface area (Å²) in [5, 5.41) is 30.8. The number of aromatic nitrogens is 2. The van der Waals surface area contributed by atoms with Crippen LogP contribution in [-0.4, -0.2) is 49.8 Å². The standard InChI is InChI=1S/2C11H10N2O2S.C7H6NO2.CH3.3Rf.W/c1-13-5-6-16-11(13)12-9-4-2-3-8(7-9)10(14)15;1-13(11-12-5-6-16-11)9-4-2-3-8(7-9)10(14)15;8-6-3-1-2-5(4-6)7(9)10;;;;;/h2*2-7H,1H3,(H,14,15);1-4,8H,(H,9,10);1H3;;;;/q;;2*-1;;;;+2. The molecule has 0 amide bonds. The molecule has 0 atom stereocenters. The van der Waals surface area contributed by atoms with Crippen LogP contribution in [0.2, 0.25) is 0 Å². The minimum atomic E-state index is -0.992. The zero-order chi connectivity index (χ0) is 30.6. The number of carboxylic acids is 3. The first-order valence-corrected chi connectivity index (χ1v) is 13.8. The Morgan fingerprint density at radius 3 is 1.81 bits per heavy atom. The van der Waals surface area contributed by atoms with Crippen LogP contribution in [0.3, 0.4) is 0 Å². The molecule has 0 aliphatic rings. The summed E-state index contributed by atoms with van der Waals surface area (Å²) in [5.74, 6) is -2.85. The van der Waals surface area contributed by atoms with E-state index in [1.165, 1.54) is 40.9 Å². The number of aryl methyl sites for hydroxylation is 1. The molecule has 47 heavy (non-hydrogen) atoms. The number of nitrogens with one attached hydrogen (secondary N) is 1. The van der Waals surface area contributed by atoms with Gasteiger partial charge in [-0.25, -0.2) is 24.4 Å². The molecule has 11 nitrogen and oxygen atoms in total. The monoisotopic (exact) mass is 1600 g/mol. The fraction of sp³-hybridized carbons (Fsp3) is 0.0667. The summed E-state index contributed by atoms with van der Waals surface area (Å²) in [5.41, 5.74) is 9.44. The SMILES string of the molecule is CN(c1cccc(C(=O)O)c1)c1nccs1.Cn1ccsc1=Nc1cccc(C(=O)O)c1.[CH3-].[NH-]c1cccc(C(=O)O)c1.[Rf].[Rf].[Rf].[W+2]. The smallest absolute Gasteiger partial charge is 0.699 e. The Kier molecular flexibility index (Phi) is 19.0. The number of nitrogens with zero attached hydrogens (tertiary/aromatic N) is 4. The zero-order valence-electron chi connectivity index (χ0n) is 25.9. The van der Waals surface area contributed by atoms with Crippen molar-refractivity contribution in [2.75, 3.05) is 11.9 Å². The second-order valence-electron chi connectivity index (χ2n) is 8.38. The van der Waals surface area contributed by atoms with Crippen LogP contribution in [0.25, 0.3) is 5.73 Å². The van der Waals surface area contributed by atoms with Crippen molar-refractivity contribution in [2.45, 2.75) is 0 Å². The summed E-state index contributed by atoms with van der Waals surface area (Å²) in [4.78, 5) is 43.1. The van der Waals surface area contributed by atoms with Crippen molar-refractivity contribution in [2.24, 2.45) is 12.0 Å². The predicted molar refractivity (Wildman–Crippen MR) is 169 cm³/mol. The van der Waals surface area contributed by atoms with Gasteiger partial charge in [0.2, 0.25) is 0 Å². The molecule has 2 aromatic heterocycles. The quantitative estimate of drug-likeness (QED) is 0.151. The molecule has 0 saturated heterocycles. The Hall–Kier alpha value is -7.58. The van der Waals surface area contributed by atoms with E-state index in [1.54, 1.807) is 54.7 Å². The van der Waals surface area contributed by atoms with Gasteiger partial charge in [-0.2, -0.15) is 0 Å². The largest absolute Gasteiger partial charge is 2.00 e. The van der Waals surface area contributed by atoms with Crippen molar-refractivity contribution in [3.63, 3.8) is 0 Å². The number of hydrogen-bond donors (Lipinski definition) is 3. The van der Waals surface area contributed by atoms with Crippen LogP contribution < -0.4 is 9.70 Å². The maximum Gasteiger partial charge on any atom is 2.00 e. The second kappa shape index (κ2) is 20.3. The van der Waals surface area contributed by atoms with Crippen molar-refractivity contribution in [3.8, 4) is 0 Å². The molecule has 0 fully saturated rings. The summed E-state index contributed by atoms with van der Waals surface area (Å²) in [6, 6.07) is 19.2. The zero-order valence-corrected chi connectivity index (χ0v) is 49.7. The second-order valence-corrected chi connectivity index (χ2v) is 10.1. The van der Waals surface area contributed by atoms with Gasteiger partial charge in [0.25, 0.3) is 0 Å². The Labute approximate surface area is 276 Å². The van der Waals surface area contributed by atoms with E-state index < -0.39 is 17.9 Å². The first kappa shape index (κ1) is 43.9. The van der Waals surface area contributed by atoms with Gasteiger partial charge in [0.15, 0.2) is 9.93 Å². The minimum Gasteiger partial charge on any atom is -0.699 e. The van der Waals surface area contributed by atoms with E-state index in [0.717, 1.165) is 15.6 Å². The van der Waals surface area contributed by atoms with Crippen LogP contribution in [0.5, 0.6) is 0 Å². The molecule has 0 aliphatic heterocycles. The van der Waals surface area contributed by atoms with Crippen molar-refractivity contribution in [1.82, 2.24) is 9.55 Å². The van der Waals surface area contributed by atoms with Crippen LogP contribution in [0, 0.1) is 7.43 Å². The molecule has 0 radical (unpaired) electrons. The van der Waals surface area contributed by atoms with Crippen molar-refractivity contribution < 1.29 is 50.8 Å². The normalized spacial score (nSPS) is 9.36. The molecule has 0 bridgehead atoms. The molecule has 0 saturated carbocycles. The van der Waals surface area contributed by atoms with Crippen LogP contribution >= 0.6 is 22.7 Å². The van der Waals surface area contributed by atoms with Gasteiger partial charge >= 0.3 is 39.0 Å². The molecule has 0 unspecified atom stereocenters. The van der Waals surface area contributed by atoms with Gasteiger partial charge in [0.05, 0.1) is 22.4 Å². The first-order valence-electron chi connectivity index (χ1n) is 12.0. The van der Waals surface area contributed by atoms with Crippen molar-refractivity contribution >= 4 is 62.8 Å². The van der Waals surface area contributed by atoms with Crippen LogP contribution in [0.1, 0.15) is 31.1 Å². The number of aromatic carboxylic acids is 3. The van der Waals surface area contributed by atoms with E-state index in [-0.39, 0.29) is 50.9 Å². The van der Waals surface area contributed by atoms with Gasteiger partial charge in [-0.1, -0.05) is 30.3 Å². The molecular formula is C30H29N5O6Rf3S2W. The summed E-state index contributed by atoms with van der Waals surface area (Å²) >= 11 is 3.01. The Morgan fingerprint density at radius 1 is 0.809 bits per heavy atom. The van der Waals surface area contributed by atoms with Crippen LogP contribution in [0.4, 0.5) is 22.2 Å². The van der Waals surface area contributed by atoms with Gasteiger partial charge in [-0.3, -0.25) is 0 Å². The number of rotatable bonds is 6. The molecule has 17 heteroatoms. The van der Waals surface area contributed by atoms with E-state index in [2.05, 4.69) is 9.98 Å². The van der Waals surface area contributed by atoms with Gasteiger partial charge in [0, 0.05) is 42.9 Å². The minimum absolute atomic E-state index is 0.